The Balaban J connectivity index is 2.20. The van der Waals surface area contributed by atoms with Crippen LogP contribution in [0.25, 0.3) is 5.69 Å². The number of hydrogen-bond acceptors (Lipinski definition) is 3. The van der Waals surface area contributed by atoms with Crippen molar-refractivity contribution in [3.8, 4) is 5.69 Å². The Bertz CT molecular complexity index is 511. The number of halogens is 1. The van der Waals surface area contributed by atoms with Crippen molar-refractivity contribution in [2.75, 3.05) is 0 Å². The van der Waals surface area contributed by atoms with Gasteiger partial charge < -0.3 is 5.32 Å². The normalized spacial score (nSPS) is 11.8. The second kappa shape index (κ2) is 4.86. The van der Waals surface area contributed by atoms with E-state index in [0.29, 0.717) is 6.54 Å². The molecule has 4 nitrogen and oxygen atoms in total. The van der Waals surface area contributed by atoms with Gasteiger partial charge in [0.05, 0.1) is 17.6 Å². The molecule has 18 heavy (non-hydrogen) atoms. The maximum atomic E-state index is 12.9. The van der Waals surface area contributed by atoms with E-state index in [1.165, 1.54) is 12.1 Å². The highest BCUT2D eigenvalue weighted by molar-refractivity contribution is 5.32. The van der Waals surface area contributed by atoms with Crippen LogP contribution in [0.15, 0.2) is 30.5 Å². The van der Waals surface area contributed by atoms with Gasteiger partial charge in [0.15, 0.2) is 0 Å². The third-order valence-corrected chi connectivity index (χ3v) is 2.49. The maximum Gasteiger partial charge on any atom is 0.123 e. The molecule has 1 heterocycles. The number of aromatic nitrogens is 3. The van der Waals surface area contributed by atoms with Crippen LogP contribution in [-0.4, -0.2) is 20.5 Å². The molecule has 0 saturated carbocycles. The minimum Gasteiger partial charge on any atom is -0.306 e. The molecule has 1 aromatic carbocycles. The van der Waals surface area contributed by atoms with Crippen molar-refractivity contribution in [2.24, 2.45) is 0 Å². The summed E-state index contributed by atoms with van der Waals surface area (Å²) in [6.07, 6.45) is 1.71. The van der Waals surface area contributed by atoms with Crippen molar-refractivity contribution in [1.29, 1.82) is 0 Å². The van der Waals surface area contributed by atoms with Gasteiger partial charge in [0.25, 0.3) is 0 Å². The fourth-order valence-electron chi connectivity index (χ4n) is 1.53. The van der Waals surface area contributed by atoms with Gasteiger partial charge in [0.1, 0.15) is 5.82 Å². The van der Waals surface area contributed by atoms with Gasteiger partial charge in [-0.05, 0) is 45.0 Å². The first-order valence-electron chi connectivity index (χ1n) is 5.86. The lowest BCUT2D eigenvalue weighted by Crippen LogP contribution is -2.35. The van der Waals surface area contributed by atoms with Crippen LogP contribution in [0.3, 0.4) is 0 Å². The predicted molar refractivity (Wildman–Crippen MR) is 67.9 cm³/mol. The lowest BCUT2D eigenvalue weighted by molar-refractivity contribution is 0.418. The average Bonchev–Trinajstić information content (AvgIpc) is 2.75. The minimum absolute atomic E-state index is 0.0257. The Morgan fingerprint density at radius 2 is 1.89 bits per heavy atom. The molecule has 0 aliphatic heterocycles. The molecular formula is C13H17FN4. The highest BCUT2D eigenvalue weighted by atomic mass is 19.1. The highest BCUT2D eigenvalue weighted by Crippen LogP contribution is 2.11. The Hall–Kier alpha value is -1.75. The van der Waals surface area contributed by atoms with Crippen molar-refractivity contribution in [2.45, 2.75) is 32.9 Å². The van der Waals surface area contributed by atoms with E-state index in [4.69, 9.17) is 0 Å². The Morgan fingerprint density at radius 1 is 1.22 bits per heavy atom. The molecular weight excluding hydrogens is 231 g/mol. The molecule has 0 unspecified atom stereocenters. The number of nitrogens with one attached hydrogen (secondary N) is 1. The summed E-state index contributed by atoms with van der Waals surface area (Å²) in [6, 6.07) is 6.20. The monoisotopic (exact) mass is 248 g/mol. The van der Waals surface area contributed by atoms with Gasteiger partial charge in [0, 0.05) is 12.1 Å². The second-order valence-electron chi connectivity index (χ2n) is 5.22. The van der Waals surface area contributed by atoms with Gasteiger partial charge in [-0.15, -0.1) is 5.10 Å². The van der Waals surface area contributed by atoms with Crippen molar-refractivity contribution in [3.05, 3.63) is 42.0 Å². The molecule has 1 aromatic heterocycles. The summed E-state index contributed by atoms with van der Waals surface area (Å²) >= 11 is 0. The smallest absolute Gasteiger partial charge is 0.123 e. The Labute approximate surface area is 106 Å². The summed E-state index contributed by atoms with van der Waals surface area (Å²) in [6.45, 7) is 6.95. The second-order valence-corrected chi connectivity index (χ2v) is 5.22. The third kappa shape index (κ3) is 3.13. The van der Waals surface area contributed by atoms with Crippen molar-refractivity contribution >= 4 is 0 Å². The molecule has 2 aromatic rings. The number of rotatable bonds is 3. The van der Waals surface area contributed by atoms with Crippen LogP contribution >= 0.6 is 0 Å². The predicted octanol–water partition coefficient (Wildman–Crippen LogP) is 2.29. The quantitative estimate of drug-likeness (QED) is 0.906. The SMILES string of the molecule is CC(C)(C)NCc1cnnn1-c1ccc(F)cc1. The first-order valence-corrected chi connectivity index (χ1v) is 5.86. The van der Waals surface area contributed by atoms with E-state index in [2.05, 4.69) is 36.4 Å². The highest BCUT2D eigenvalue weighted by Gasteiger charge is 2.12. The van der Waals surface area contributed by atoms with Crippen molar-refractivity contribution in [3.63, 3.8) is 0 Å². The van der Waals surface area contributed by atoms with Crippen LogP contribution in [0.4, 0.5) is 4.39 Å². The van der Waals surface area contributed by atoms with E-state index in [-0.39, 0.29) is 11.4 Å². The van der Waals surface area contributed by atoms with Gasteiger partial charge in [-0.3, -0.25) is 0 Å². The summed E-state index contributed by atoms with van der Waals surface area (Å²) in [5.41, 5.74) is 1.77. The van der Waals surface area contributed by atoms with Crippen LogP contribution in [0.1, 0.15) is 26.5 Å². The van der Waals surface area contributed by atoms with Crippen LogP contribution in [0.5, 0.6) is 0 Å². The first-order chi connectivity index (χ1) is 8.46. The molecule has 0 fully saturated rings. The van der Waals surface area contributed by atoms with E-state index >= 15 is 0 Å². The summed E-state index contributed by atoms with van der Waals surface area (Å²) in [7, 11) is 0. The Kier molecular flexibility index (Phi) is 3.43. The van der Waals surface area contributed by atoms with E-state index in [9.17, 15) is 4.39 Å². The molecule has 0 saturated heterocycles. The number of benzene rings is 1. The topological polar surface area (TPSA) is 42.7 Å². The molecule has 96 valence electrons. The van der Waals surface area contributed by atoms with Gasteiger partial charge in [-0.2, -0.15) is 0 Å². The molecule has 0 atom stereocenters. The molecule has 0 bridgehead atoms. The van der Waals surface area contributed by atoms with Gasteiger partial charge in [-0.1, -0.05) is 5.21 Å². The lowest BCUT2D eigenvalue weighted by atomic mass is 10.1. The van der Waals surface area contributed by atoms with Crippen LogP contribution in [0, 0.1) is 5.82 Å². The van der Waals surface area contributed by atoms with E-state index in [0.717, 1.165) is 11.4 Å². The van der Waals surface area contributed by atoms with Crippen LogP contribution < -0.4 is 5.32 Å². The fourth-order valence-corrected chi connectivity index (χ4v) is 1.53. The lowest BCUT2D eigenvalue weighted by Gasteiger charge is -2.20. The third-order valence-electron chi connectivity index (χ3n) is 2.49. The number of hydrogen-bond donors (Lipinski definition) is 1. The van der Waals surface area contributed by atoms with Gasteiger partial charge in [-0.25, -0.2) is 9.07 Å². The van der Waals surface area contributed by atoms with Crippen LogP contribution in [-0.2, 0) is 6.54 Å². The van der Waals surface area contributed by atoms with E-state index < -0.39 is 0 Å². The van der Waals surface area contributed by atoms with Gasteiger partial charge >= 0.3 is 0 Å². The molecule has 0 spiro atoms. The molecule has 0 radical (unpaired) electrons. The van der Waals surface area contributed by atoms with E-state index in [1.54, 1.807) is 23.0 Å². The Morgan fingerprint density at radius 3 is 2.50 bits per heavy atom. The summed E-state index contributed by atoms with van der Waals surface area (Å²) in [4.78, 5) is 0. The standard InChI is InChI=1S/C13H17FN4/c1-13(2,3)15-8-12-9-16-17-18(12)11-6-4-10(14)5-7-11/h4-7,9,15H,8H2,1-3H3. The van der Waals surface area contributed by atoms with E-state index in [1.807, 2.05) is 0 Å². The van der Waals surface area contributed by atoms with Gasteiger partial charge in [0.2, 0.25) is 0 Å². The van der Waals surface area contributed by atoms with Crippen LogP contribution in [0.2, 0.25) is 0 Å². The maximum absolute atomic E-state index is 12.9. The van der Waals surface area contributed by atoms with Crippen molar-refractivity contribution in [1.82, 2.24) is 20.3 Å². The molecule has 5 heteroatoms. The first kappa shape index (κ1) is 12.7. The molecule has 0 amide bonds. The summed E-state index contributed by atoms with van der Waals surface area (Å²) in [5, 5.41) is 11.3. The largest absolute Gasteiger partial charge is 0.306 e. The zero-order valence-electron chi connectivity index (χ0n) is 10.8. The molecule has 2 rings (SSSR count). The van der Waals surface area contributed by atoms with Crippen molar-refractivity contribution < 1.29 is 4.39 Å². The summed E-state index contributed by atoms with van der Waals surface area (Å²) < 4.78 is 14.6. The average molecular weight is 248 g/mol. The minimum atomic E-state index is -0.256. The molecule has 0 aliphatic rings. The molecule has 0 aliphatic carbocycles. The summed E-state index contributed by atoms with van der Waals surface area (Å²) in [5.74, 6) is -0.256. The zero-order valence-corrected chi connectivity index (χ0v) is 10.8. The number of nitrogens with zero attached hydrogens (tertiary/aromatic N) is 3. The zero-order chi connectivity index (χ0) is 13.2. The molecule has 1 N–H and O–H groups in total. The fraction of sp³-hybridized carbons (Fsp3) is 0.385.